The normalized spacial score (nSPS) is 10.4. The molecule has 0 unspecified atom stereocenters. The van der Waals surface area contributed by atoms with Crippen molar-refractivity contribution in [3.8, 4) is 0 Å². The number of carbonyl (C=O) groups excluding carboxylic acids is 1. The number of thiazole rings is 1. The van der Waals surface area contributed by atoms with Crippen molar-refractivity contribution in [2.45, 2.75) is 13.5 Å². The number of carbonyl (C=O) groups is 1. The number of halogens is 1. The first-order chi connectivity index (χ1) is 9.52. The molecule has 2 aromatic rings. The maximum absolute atomic E-state index is 13.3. The van der Waals surface area contributed by atoms with Gasteiger partial charge < -0.3 is 10.2 Å². The van der Waals surface area contributed by atoms with Crippen LogP contribution < -0.4 is 5.32 Å². The van der Waals surface area contributed by atoms with Gasteiger partial charge in [-0.1, -0.05) is 0 Å². The van der Waals surface area contributed by atoms with Crippen molar-refractivity contribution in [1.29, 1.82) is 0 Å². The smallest absolute Gasteiger partial charge is 0.257 e. The van der Waals surface area contributed by atoms with Gasteiger partial charge in [0, 0.05) is 19.0 Å². The molecule has 0 saturated heterocycles. The monoisotopic (exact) mass is 294 g/mol. The number of hydrogen-bond acceptors (Lipinski definition) is 5. The second-order valence-electron chi connectivity index (χ2n) is 4.32. The van der Waals surface area contributed by atoms with Gasteiger partial charge in [0.2, 0.25) is 0 Å². The molecule has 2 heterocycles. The molecule has 0 fully saturated rings. The van der Waals surface area contributed by atoms with E-state index in [1.165, 1.54) is 22.3 Å². The Bertz CT molecular complexity index is 629. The van der Waals surface area contributed by atoms with Crippen molar-refractivity contribution in [1.82, 2.24) is 14.9 Å². The van der Waals surface area contributed by atoms with E-state index in [2.05, 4.69) is 15.3 Å². The van der Waals surface area contributed by atoms with Crippen molar-refractivity contribution < 1.29 is 9.18 Å². The van der Waals surface area contributed by atoms with Crippen molar-refractivity contribution in [3.05, 3.63) is 39.7 Å². The van der Waals surface area contributed by atoms with Gasteiger partial charge in [-0.25, -0.2) is 14.4 Å². The lowest BCUT2D eigenvalue weighted by Gasteiger charge is -2.18. The molecule has 1 N–H and O–H groups in total. The van der Waals surface area contributed by atoms with Crippen LogP contribution in [-0.4, -0.2) is 34.9 Å². The average Bonchev–Trinajstić information content (AvgIpc) is 2.83. The zero-order valence-electron chi connectivity index (χ0n) is 11.5. The molecule has 106 valence electrons. The van der Waals surface area contributed by atoms with Crippen LogP contribution in [-0.2, 0) is 6.54 Å². The lowest BCUT2D eigenvalue weighted by atomic mass is 10.2. The summed E-state index contributed by atoms with van der Waals surface area (Å²) in [5, 5.41) is 2.79. The molecule has 0 spiro atoms. The predicted octanol–water partition coefficient (Wildman–Crippen LogP) is 2.30. The molecule has 0 aromatic carbocycles. The van der Waals surface area contributed by atoms with E-state index < -0.39 is 5.82 Å². The first-order valence-electron chi connectivity index (χ1n) is 6.00. The number of aryl methyl sites for hydroxylation is 1. The fourth-order valence-corrected chi connectivity index (χ4v) is 2.60. The summed E-state index contributed by atoms with van der Waals surface area (Å²) in [6.45, 7) is 2.34. The summed E-state index contributed by atoms with van der Waals surface area (Å²) >= 11 is 1.49. The molecular weight excluding hydrogens is 279 g/mol. The number of nitrogens with one attached hydrogen (secondary N) is 1. The molecular formula is C13H15FN4OS. The van der Waals surface area contributed by atoms with Crippen molar-refractivity contribution in [3.63, 3.8) is 0 Å². The number of anilines is 1. The van der Waals surface area contributed by atoms with E-state index in [1.807, 2.05) is 6.92 Å². The van der Waals surface area contributed by atoms with E-state index in [0.29, 0.717) is 12.4 Å². The van der Waals surface area contributed by atoms with Crippen LogP contribution in [0.25, 0.3) is 0 Å². The Labute approximate surface area is 120 Å². The highest BCUT2D eigenvalue weighted by Crippen LogP contribution is 2.19. The summed E-state index contributed by atoms with van der Waals surface area (Å²) in [5.41, 5.74) is 2.86. The molecule has 0 aliphatic rings. The molecule has 2 rings (SSSR count). The van der Waals surface area contributed by atoms with Gasteiger partial charge in [0.05, 0.1) is 29.5 Å². The highest BCUT2D eigenvalue weighted by Gasteiger charge is 2.18. The topological polar surface area (TPSA) is 58.1 Å². The number of hydrogen-bond donors (Lipinski definition) is 1. The molecule has 0 saturated carbocycles. The maximum Gasteiger partial charge on any atom is 0.257 e. The molecule has 0 aliphatic heterocycles. The van der Waals surface area contributed by atoms with Gasteiger partial charge in [-0.3, -0.25) is 4.79 Å². The SMILES string of the molecule is CNc1ncc(F)cc1C(=O)N(C)Cc1scnc1C. The number of aromatic nitrogens is 2. The van der Waals surface area contributed by atoms with E-state index in [0.717, 1.165) is 16.8 Å². The van der Waals surface area contributed by atoms with E-state index in [9.17, 15) is 9.18 Å². The molecule has 0 aliphatic carbocycles. The van der Waals surface area contributed by atoms with Crippen LogP contribution in [0.4, 0.5) is 10.2 Å². The standard InChI is InChI=1S/C13H15FN4OS/c1-8-11(20-7-17-8)6-18(3)13(19)10-4-9(14)5-16-12(10)15-2/h4-5,7H,6H2,1-3H3,(H,15,16). The zero-order valence-corrected chi connectivity index (χ0v) is 12.3. The molecule has 5 nitrogen and oxygen atoms in total. The van der Waals surface area contributed by atoms with E-state index in [4.69, 9.17) is 0 Å². The third-order valence-electron chi connectivity index (χ3n) is 2.89. The van der Waals surface area contributed by atoms with Gasteiger partial charge in [0.15, 0.2) is 0 Å². The minimum absolute atomic E-state index is 0.220. The summed E-state index contributed by atoms with van der Waals surface area (Å²) in [6, 6.07) is 1.19. The molecule has 0 radical (unpaired) electrons. The van der Waals surface area contributed by atoms with Crippen molar-refractivity contribution >= 4 is 23.1 Å². The number of pyridine rings is 1. The minimum atomic E-state index is -0.533. The van der Waals surface area contributed by atoms with E-state index >= 15 is 0 Å². The van der Waals surface area contributed by atoms with E-state index in [1.54, 1.807) is 19.6 Å². The Morgan fingerprint density at radius 1 is 1.50 bits per heavy atom. The lowest BCUT2D eigenvalue weighted by Crippen LogP contribution is -2.27. The summed E-state index contributed by atoms with van der Waals surface area (Å²) in [6.07, 6.45) is 1.08. The summed E-state index contributed by atoms with van der Waals surface area (Å²) in [7, 11) is 3.32. The highest BCUT2D eigenvalue weighted by atomic mass is 32.1. The minimum Gasteiger partial charge on any atom is -0.372 e. The summed E-state index contributed by atoms with van der Waals surface area (Å²) < 4.78 is 13.3. The van der Waals surface area contributed by atoms with Crippen LogP contribution in [0, 0.1) is 12.7 Å². The Morgan fingerprint density at radius 3 is 2.85 bits per heavy atom. The van der Waals surface area contributed by atoms with Crippen LogP contribution in [0.2, 0.25) is 0 Å². The zero-order chi connectivity index (χ0) is 14.7. The Hall–Kier alpha value is -2.02. The number of nitrogens with zero attached hydrogens (tertiary/aromatic N) is 3. The first kappa shape index (κ1) is 14.4. The molecule has 0 atom stereocenters. The second-order valence-corrected chi connectivity index (χ2v) is 5.26. The Kier molecular flexibility index (Phi) is 4.29. The average molecular weight is 294 g/mol. The van der Waals surface area contributed by atoms with Gasteiger partial charge in [-0.15, -0.1) is 11.3 Å². The largest absolute Gasteiger partial charge is 0.372 e. The van der Waals surface area contributed by atoms with Gasteiger partial charge in [-0.05, 0) is 13.0 Å². The van der Waals surface area contributed by atoms with Crippen LogP contribution in [0.5, 0.6) is 0 Å². The lowest BCUT2D eigenvalue weighted by molar-refractivity contribution is 0.0786. The van der Waals surface area contributed by atoms with Gasteiger partial charge in [0.1, 0.15) is 11.6 Å². The van der Waals surface area contributed by atoms with Crippen LogP contribution >= 0.6 is 11.3 Å². The number of amides is 1. The predicted molar refractivity (Wildman–Crippen MR) is 76.4 cm³/mol. The van der Waals surface area contributed by atoms with Crippen LogP contribution in [0.3, 0.4) is 0 Å². The molecule has 0 bridgehead atoms. The molecule has 20 heavy (non-hydrogen) atoms. The van der Waals surface area contributed by atoms with Gasteiger partial charge in [-0.2, -0.15) is 0 Å². The van der Waals surface area contributed by atoms with E-state index in [-0.39, 0.29) is 11.5 Å². The highest BCUT2D eigenvalue weighted by molar-refractivity contribution is 7.09. The van der Waals surface area contributed by atoms with Gasteiger partial charge in [0.25, 0.3) is 5.91 Å². The Morgan fingerprint density at radius 2 is 2.25 bits per heavy atom. The number of rotatable bonds is 4. The third-order valence-corrected chi connectivity index (χ3v) is 3.81. The van der Waals surface area contributed by atoms with Gasteiger partial charge >= 0.3 is 0 Å². The maximum atomic E-state index is 13.3. The second kappa shape index (κ2) is 5.96. The van der Waals surface area contributed by atoms with Crippen LogP contribution in [0.15, 0.2) is 17.8 Å². The molecule has 2 aromatic heterocycles. The molecule has 1 amide bonds. The molecule has 7 heteroatoms. The fourth-order valence-electron chi connectivity index (χ4n) is 1.77. The van der Waals surface area contributed by atoms with Crippen molar-refractivity contribution in [2.75, 3.05) is 19.4 Å². The Balaban J connectivity index is 2.22. The van der Waals surface area contributed by atoms with Crippen LogP contribution in [0.1, 0.15) is 20.9 Å². The fraction of sp³-hybridized carbons (Fsp3) is 0.308. The summed E-state index contributed by atoms with van der Waals surface area (Å²) in [4.78, 5) is 22.9. The van der Waals surface area contributed by atoms with Crippen molar-refractivity contribution in [2.24, 2.45) is 0 Å². The summed E-state index contributed by atoms with van der Waals surface area (Å²) in [5.74, 6) is -0.451. The quantitative estimate of drug-likeness (QED) is 0.940. The first-order valence-corrected chi connectivity index (χ1v) is 6.88. The third kappa shape index (κ3) is 2.93.